The van der Waals surface area contributed by atoms with Gasteiger partial charge in [0.25, 0.3) is 0 Å². The Labute approximate surface area is 116 Å². The summed E-state index contributed by atoms with van der Waals surface area (Å²) in [6, 6.07) is 6.14. The number of carbonyl (C=O) groups is 1. The molecule has 0 bridgehead atoms. The highest BCUT2D eigenvalue weighted by Gasteiger charge is 2.36. The Kier molecular flexibility index (Phi) is 2.60. The van der Waals surface area contributed by atoms with Gasteiger partial charge < -0.3 is 14.8 Å². The lowest BCUT2D eigenvalue weighted by molar-refractivity contribution is -0.130. The van der Waals surface area contributed by atoms with Crippen LogP contribution in [-0.2, 0) is 11.2 Å². The molecule has 1 aromatic carbocycles. The van der Waals surface area contributed by atoms with E-state index >= 15 is 0 Å². The maximum absolute atomic E-state index is 12.4. The van der Waals surface area contributed by atoms with Gasteiger partial charge in [-0.3, -0.25) is 4.79 Å². The van der Waals surface area contributed by atoms with Crippen molar-refractivity contribution in [2.75, 3.05) is 0 Å². The van der Waals surface area contributed by atoms with Crippen molar-refractivity contribution in [3.05, 3.63) is 35.6 Å². The number of hydrogen-bond donors (Lipinski definition) is 2. The second-order valence-electron chi connectivity index (χ2n) is 5.87. The lowest BCUT2D eigenvalue weighted by Crippen LogP contribution is -2.45. The Morgan fingerprint density at radius 2 is 2.20 bits per heavy atom. The molecule has 0 saturated heterocycles. The molecule has 104 valence electrons. The molecule has 2 aliphatic carbocycles. The number of carbonyl (C=O) groups excluding carboxylic acids is 1. The lowest BCUT2D eigenvalue weighted by Gasteiger charge is -2.31. The van der Waals surface area contributed by atoms with Gasteiger partial charge in [0.15, 0.2) is 0 Å². The van der Waals surface area contributed by atoms with Crippen molar-refractivity contribution in [3.63, 3.8) is 0 Å². The van der Waals surface area contributed by atoms with E-state index in [0.29, 0.717) is 12.5 Å². The van der Waals surface area contributed by atoms with E-state index in [0.717, 1.165) is 34.9 Å². The van der Waals surface area contributed by atoms with Crippen LogP contribution in [-0.4, -0.2) is 17.1 Å². The summed E-state index contributed by atoms with van der Waals surface area (Å²) < 4.78 is 5.48. The van der Waals surface area contributed by atoms with Crippen molar-refractivity contribution < 1.29 is 14.3 Å². The standard InChI is InChI=1S/C16H17NO3/c18-15-11(16(19)17-10-4-2-5-10)7-9-3-1-6-13-14(9)12(15)8-20-13/h1,3,6,8,10-11,15,18H,2,4-5,7H2,(H,17,19). The first kappa shape index (κ1) is 12.0. The minimum atomic E-state index is -0.772. The Morgan fingerprint density at radius 1 is 1.35 bits per heavy atom. The van der Waals surface area contributed by atoms with Crippen molar-refractivity contribution >= 4 is 16.9 Å². The normalized spacial score (nSPS) is 25.4. The molecule has 0 aliphatic heterocycles. The van der Waals surface area contributed by atoms with Crippen molar-refractivity contribution in [1.29, 1.82) is 0 Å². The van der Waals surface area contributed by atoms with Gasteiger partial charge in [0.1, 0.15) is 5.58 Å². The van der Waals surface area contributed by atoms with E-state index < -0.39 is 12.0 Å². The zero-order chi connectivity index (χ0) is 13.7. The number of benzene rings is 1. The topological polar surface area (TPSA) is 62.5 Å². The van der Waals surface area contributed by atoms with Crippen molar-refractivity contribution in [3.8, 4) is 0 Å². The average molecular weight is 271 g/mol. The summed E-state index contributed by atoms with van der Waals surface area (Å²) in [5, 5.41) is 14.5. The van der Waals surface area contributed by atoms with E-state index in [1.165, 1.54) is 6.42 Å². The SMILES string of the molecule is O=C(NC1CCC1)C1Cc2cccc3occ(c23)C1O. The van der Waals surface area contributed by atoms with Crippen molar-refractivity contribution in [2.24, 2.45) is 5.92 Å². The molecule has 1 saturated carbocycles. The molecule has 1 aromatic heterocycles. The lowest BCUT2D eigenvalue weighted by atomic mass is 9.81. The van der Waals surface area contributed by atoms with Gasteiger partial charge >= 0.3 is 0 Å². The fourth-order valence-electron chi connectivity index (χ4n) is 3.24. The van der Waals surface area contributed by atoms with Crippen LogP contribution in [0.5, 0.6) is 0 Å². The molecule has 0 spiro atoms. The number of nitrogens with one attached hydrogen (secondary N) is 1. The molecular formula is C16H17NO3. The highest BCUT2D eigenvalue weighted by atomic mass is 16.3. The highest BCUT2D eigenvalue weighted by molar-refractivity contribution is 5.89. The first-order chi connectivity index (χ1) is 9.74. The average Bonchev–Trinajstić information content (AvgIpc) is 2.83. The predicted octanol–water partition coefficient (Wildman–Crippen LogP) is 2.31. The van der Waals surface area contributed by atoms with Crippen LogP contribution >= 0.6 is 0 Å². The molecule has 2 aliphatic rings. The van der Waals surface area contributed by atoms with Crippen LogP contribution in [0, 0.1) is 5.92 Å². The third-order valence-electron chi connectivity index (χ3n) is 4.64. The predicted molar refractivity (Wildman–Crippen MR) is 74.1 cm³/mol. The van der Waals surface area contributed by atoms with Gasteiger partial charge in [-0.05, 0) is 37.3 Å². The van der Waals surface area contributed by atoms with E-state index in [-0.39, 0.29) is 5.91 Å². The van der Waals surface area contributed by atoms with Crippen molar-refractivity contribution in [1.82, 2.24) is 5.32 Å². The number of furan rings is 1. The molecule has 2 N–H and O–H groups in total. The second kappa shape index (κ2) is 4.35. The van der Waals surface area contributed by atoms with Crippen LogP contribution in [0.2, 0.25) is 0 Å². The highest BCUT2D eigenvalue weighted by Crippen LogP contribution is 2.40. The molecule has 2 atom stereocenters. The van der Waals surface area contributed by atoms with Gasteiger partial charge in [0, 0.05) is 17.0 Å². The molecule has 1 amide bonds. The molecule has 2 aromatic rings. The third kappa shape index (κ3) is 1.68. The van der Waals surface area contributed by atoms with Gasteiger partial charge in [0.2, 0.25) is 5.91 Å². The van der Waals surface area contributed by atoms with Crippen LogP contribution in [0.3, 0.4) is 0 Å². The largest absolute Gasteiger partial charge is 0.464 e. The first-order valence-electron chi connectivity index (χ1n) is 7.21. The molecule has 20 heavy (non-hydrogen) atoms. The molecule has 1 fully saturated rings. The third-order valence-corrected chi connectivity index (χ3v) is 4.64. The maximum Gasteiger partial charge on any atom is 0.226 e. The molecule has 4 heteroatoms. The second-order valence-corrected chi connectivity index (χ2v) is 5.87. The molecular weight excluding hydrogens is 254 g/mol. The van der Waals surface area contributed by atoms with Gasteiger partial charge in [-0.15, -0.1) is 0 Å². The van der Waals surface area contributed by atoms with Crippen LogP contribution < -0.4 is 5.32 Å². The van der Waals surface area contributed by atoms with Crippen LogP contribution in [0.25, 0.3) is 11.0 Å². The summed E-state index contributed by atoms with van der Waals surface area (Å²) in [7, 11) is 0. The van der Waals surface area contributed by atoms with Gasteiger partial charge in [-0.25, -0.2) is 0 Å². The molecule has 0 radical (unpaired) electrons. The van der Waals surface area contributed by atoms with Crippen LogP contribution in [0.15, 0.2) is 28.9 Å². The monoisotopic (exact) mass is 271 g/mol. The summed E-state index contributed by atoms with van der Waals surface area (Å²) in [5.41, 5.74) is 2.62. The Hall–Kier alpha value is -1.81. The van der Waals surface area contributed by atoms with E-state index in [1.807, 2.05) is 18.2 Å². The molecule has 4 nitrogen and oxygen atoms in total. The number of rotatable bonds is 2. The Morgan fingerprint density at radius 3 is 2.95 bits per heavy atom. The van der Waals surface area contributed by atoms with Gasteiger partial charge in [0.05, 0.1) is 18.3 Å². The zero-order valence-electron chi connectivity index (χ0n) is 11.1. The van der Waals surface area contributed by atoms with E-state index in [1.54, 1.807) is 6.26 Å². The molecule has 1 heterocycles. The van der Waals surface area contributed by atoms with Crippen LogP contribution in [0.1, 0.15) is 36.5 Å². The minimum absolute atomic E-state index is 0.0361. The quantitative estimate of drug-likeness (QED) is 0.881. The molecule has 4 rings (SSSR count). The van der Waals surface area contributed by atoms with Crippen LogP contribution in [0.4, 0.5) is 0 Å². The maximum atomic E-state index is 12.4. The fraction of sp³-hybridized carbons (Fsp3) is 0.438. The van der Waals surface area contributed by atoms with E-state index in [9.17, 15) is 9.90 Å². The summed E-state index contributed by atoms with van der Waals surface area (Å²) >= 11 is 0. The van der Waals surface area contributed by atoms with E-state index in [2.05, 4.69) is 5.32 Å². The number of aliphatic hydroxyl groups excluding tert-OH is 1. The van der Waals surface area contributed by atoms with Gasteiger partial charge in [-0.2, -0.15) is 0 Å². The van der Waals surface area contributed by atoms with E-state index in [4.69, 9.17) is 4.42 Å². The summed E-state index contributed by atoms with van der Waals surface area (Å²) in [6.45, 7) is 0. The fourth-order valence-corrected chi connectivity index (χ4v) is 3.24. The van der Waals surface area contributed by atoms with Crippen molar-refractivity contribution in [2.45, 2.75) is 37.8 Å². The first-order valence-corrected chi connectivity index (χ1v) is 7.21. The number of hydrogen-bond acceptors (Lipinski definition) is 3. The molecule has 2 unspecified atom stereocenters. The minimum Gasteiger partial charge on any atom is -0.464 e. The number of amides is 1. The Balaban J connectivity index is 1.66. The summed E-state index contributed by atoms with van der Waals surface area (Å²) in [5.74, 6) is -0.447. The Bertz CT molecular complexity index is 671. The van der Waals surface area contributed by atoms with Gasteiger partial charge in [-0.1, -0.05) is 12.1 Å². The summed E-state index contributed by atoms with van der Waals surface area (Å²) in [6.07, 6.45) is 4.68. The number of aliphatic hydroxyl groups is 1. The zero-order valence-corrected chi connectivity index (χ0v) is 11.1. The summed E-state index contributed by atoms with van der Waals surface area (Å²) in [4.78, 5) is 12.4. The smallest absolute Gasteiger partial charge is 0.226 e.